The highest BCUT2D eigenvalue weighted by Gasteiger charge is 2.35. The van der Waals surface area contributed by atoms with Crippen molar-refractivity contribution in [2.24, 2.45) is 0 Å². The largest absolute Gasteiger partial charge is 0.493 e. The van der Waals surface area contributed by atoms with E-state index in [0.717, 1.165) is 24.8 Å². The van der Waals surface area contributed by atoms with Gasteiger partial charge in [0.25, 0.3) is 0 Å². The number of hydrogen-bond acceptors (Lipinski definition) is 4. The van der Waals surface area contributed by atoms with Gasteiger partial charge in [-0.05, 0) is 30.5 Å². The number of benzene rings is 1. The minimum Gasteiger partial charge on any atom is -0.493 e. The molecule has 1 saturated carbocycles. The average molecular weight is 265 g/mol. The van der Waals surface area contributed by atoms with Crippen molar-refractivity contribution >= 4 is 0 Å². The summed E-state index contributed by atoms with van der Waals surface area (Å²) in [6.45, 7) is 0. The molecule has 1 aliphatic carbocycles. The molecule has 2 unspecified atom stereocenters. The molecule has 0 saturated heterocycles. The smallest absolute Gasteiger partial charge is 0.219 e. The number of ether oxygens (including phenoxy) is 2. The van der Waals surface area contributed by atoms with E-state index in [4.69, 9.17) is 9.47 Å². The highest BCUT2D eigenvalue weighted by Crippen LogP contribution is 2.38. The molecule has 0 aliphatic heterocycles. The molecule has 2 rings (SSSR count). The molecule has 104 valence electrons. The van der Waals surface area contributed by atoms with E-state index >= 15 is 0 Å². The summed E-state index contributed by atoms with van der Waals surface area (Å²) in [6.07, 6.45) is 3.51. The zero-order valence-electron chi connectivity index (χ0n) is 11.3. The van der Waals surface area contributed by atoms with Crippen LogP contribution in [0.4, 0.5) is 0 Å². The molecular weight excluding hydrogens is 246 g/mol. The summed E-state index contributed by atoms with van der Waals surface area (Å²) in [7, 11) is 3.16. The van der Waals surface area contributed by atoms with Gasteiger partial charge >= 0.3 is 0 Å². The zero-order chi connectivity index (χ0) is 13.8. The Morgan fingerprint density at radius 1 is 1.16 bits per heavy atom. The first kappa shape index (κ1) is 13.6. The van der Waals surface area contributed by atoms with Crippen molar-refractivity contribution in [1.29, 1.82) is 0 Å². The first-order valence-electron chi connectivity index (χ1n) is 6.52. The molecule has 1 aliphatic rings. The number of nitro groups is 1. The molecule has 0 radical (unpaired) electrons. The van der Waals surface area contributed by atoms with Crippen molar-refractivity contribution in [3.05, 3.63) is 33.9 Å². The minimum atomic E-state index is -0.480. The number of nitrogens with zero attached hydrogens (tertiary/aromatic N) is 1. The fourth-order valence-electron chi connectivity index (χ4n) is 2.84. The fourth-order valence-corrected chi connectivity index (χ4v) is 2.84. The second kappa shape index (κ2) is 5.91. The van der Waals surface area contributed by atoms with E-state index in [-0.39, 0.29) is 10.8 Å². The van der Waals surface area contributed by atoms with Crippen LogP contribution in [0.3, 0.4) is 0 Å². The maximum Gasteiger partial charge on any atom is 0.219 e. The Morgan fingerprint density at radius 3 is 2.47 bits per heavy atom. The van der Waals surface area contributed by atoms with Gasteiger partial charge in [-0.1, -0.05) is 12.5 Å². The Labute approximate surface area is 112 Å². The molecule has 1 aromatic carbocycles. The van der Waals surface area contributed by atoms with Gasteiger partial charge in [0.2, 0.25) is 6.04 Å². The van der Waals surface area contributed by atoms with Crippen molar-refractivity contribution in [1.82, 2.24) is 0 Å². The third-order valence-electron chi connectivity index (χ3n) is 3.84. The van der Waals surface area contributed by atoms with E-state index in [1.807, 2.05) is 18.2 Å². The van der Waals surface area contributed by atoms with Crippen LogP contribution in [0.5, 0.6) is 11.5 Å². The van der Waals surface area contributed by atoms with E-state index < -0.39 is 6.04 Å². The van der Waals surface area contributed by atoms with E-state index in [9.17, 15) is 10.1 Å². The summed E-state index contributed by atoms with van der Waals surface area (Å²) < 4.78 is 10.5. The molecule has 0 N–H and O–H groups in total. The number of methoxy groups -OCH3 is 2. The summed E-state index contributed by atoms with van der Waals surface area (Å²) in [5.74, 6) is 1.26. The topological polar surface area (TPSA) is 61.6 Å². The van der Waals surface area contributed by atoms with Crippen LogP contribution in [-0.4, -0.2) is 25.2 Å². The second-order valence-electron chi connectivity index (χ2n) is 4.86. The molecule has 5 nitrogen and oxygen atoms in total. The van der Waals surface area contributed by atoms with E-state index in [2.05, 4.69) is 0 Å². The Morgan fingerprint density at radius 2 is 1.84 bits per heavy atom. The fraction of sp³-hybridized carbons (Fsp3) is 0.571. The quantitative estimate of drug-likeness (QED) is 0.620. The summed E-state index contributed by atoms with van der Waals surface area (Å²) in [5.41, 5.74) is 0.971. The van der Waals surface area contributed by atoms with Gasteiger partial charge in [-0.2, -0.15) is 0 Å². The van der Waals surface area contributed by atoms with Crippen molar-refractivity contribution < 1.29 is 14.4 Å². The molecule has 19 heavy (non-hydrogen) atoms. The van der Waals surface area contributed by atoms with Gasteiger partial charge in [0.1, 0.15) is 0 Å². The Bertz CT molecular complexity index is 461. The van der Waals surface area contributed by atoms with Crippen molar-refractivity contribution in [3.8, 4) is 11.5 Å². The SMILES string of the molecule is COc1ccc(C2CCCCC2[N+](=O)[O-])cc1OC. The summed E-state index contributed by atoms with van der Waals surface area (Å²) in [5, 5.41) is 11.2. The van der Waals surface area contributed by atoms with Gasteiger partial charge in [0.15, 0.2) is 11.5 Å². The van der Waals surface area contributed by atoms with Gasteiger partial charge < -0.3 is 9.47 Å². The lowest BCUT2D eigenvalue weighted by Crippen LogP contribution is -2.30. The lowest BCUT2D eigenvalue weighted by Gasteiger charge is -2.26. The predicted octanol–water partition coefficient (Wildman–Crippen LogP) is 3.01. The molecule has 0 spiro atoms. The van der Waals surface area contributed by atoms with Gasteiger partial charge in [-0.3, -0.25) is 10.1 Å². The van der Waals surface area contributed by atoms with Gasteiger partial charge in [0, 0.05) is 11.3 Å². The molecular formula is C14H19NO4. The van der Waals surface area contributed by atoms with E-state index in [1.54, 1.807) is 14.2 Å². The second-order valence-corrected chi connectivity index (χ2v) is 4.86. The first-order chi connectivity index (χ1) is 9.17. The maximum absolute atomic E-state index is 11.2. The molecule has 1 fully saturated rings. The van der Waals surface area contributed by atoms with Crippen LogP contribution in [0.15, 0.2) is 18.2 Å². The maximum atomic E-state index is 11.2. The molecule has 0 aromatic heterocycles. The number of hydrogen-bond donors (Lipinski definition) is 0. The Hall–Kier alpha value is -1.78. The normalized spacial score (nSPS) is 22.8. The van der Waals surface area contributed by atoms with Crippen LogP contribution in [0.2, 0.25) is 0 Å². The lowest BCUT2D eigenvalue weighted by molar-refractivity contribution is -0.530. The van der Waals surface area contributed by atoms with Crippen LogP contribution in [0, 0.1) is 10.1 Å². The van der Waals surface area contributed by atoms with Gasteiger partial charge in [-0.15, -0.1) is 0 Å². The van der Waals surface area contributed by atoms with Crippen molar-refractivity contribution in [3.63, 3.8) is 0 Å². The van der Waals surface area contributed by atoms with Crippen LogP contribution < -0.4 is 9.47 Å². The molecule has 0 amide bonds. The van der Waals surface area contributed by atoms with Gasteiger partial charge in [0.05, 0.1) is 20.1 Å². The zero-order valence-corrected chi connectivity index (χ0v) is 11.3. The highest BCUT2D eigenvalue weighted by atomic mass is 16.6. The molecule has 0 bridgehead atoms. The molecule has 0 heterocycles. The van der Waals surface area contributed by atoms with Crippen LogP contribution in [-0.2, 0) is 0 Å². The standard InChI is InChI=1S/C14H19NO4/c1-18-13-8-7-10(9-14(13)19-2)11-5-3-4-6-12(11)15(16)17/h7-9,11-12H,3-6H2,1-2H3. The Kier molecular flexibility index (Phi) is 4.24. The molecule has 1 aromatic rings. The predicted molar refractivity (Wildman–Crippen MR) is 71.5 cm³/mol. The average Bonchev–Trinajstić information content (AvgIpc) is 2.46. The van der Waals surface area contributed by atoms with Gasteiger partial charge in [-0.25, -0.2) is 0 Å². The van der Waals surface area contributed by atoms with Crippen molar-refractivity contribution in [2.75, 3.05) is 14.2 Å². The highest BCUT2D eigenvalue weighted by molar-refractivity contribution is 5.44. The third kappa shape index (κ3) is 2.80. The summed E-state index contributed by atoms with van der Waals surface area (Å²) in [6, 6.07) is 5.12. The molecule has 5 heteroatoms. The Balaban J connectivity index is 2.31. The van der Waals surface area contributed by atoms with E-state index in [1.165, 1.54) is 0 Å². The molecule has 2 atom stereocenters. The summed E-state index contributed by atoms with van der Waals surface area (Å²) in [4.78, 5) is 11.0. The monoisotopic (exact) mass is 265 g/mol. The van der Waals surface area contributed by atoms with Crippen molar-refractivity contribution in [2.45, 2.75) is 37.6 Å². The van der Waals surface area contributed by atoms with Crippen LogP contribution in [0.25, 0.3) is 0 Å². The first-order valence-corrected chi connectivity index (χ1v) is 6.52. The van der Waals surface area contributed by atoms with E-state index in [0.29, 0.717) is 17.9 Å². The third-order valence-corrected chi connectivity index (χ3v) is 3.84. The minimum absolute atomic E-state index is 0.0245. The lowest BCUT2D eigenvalue weighted by atomic mass is 9.80. The summed E-state index contributed by atoms with van der Waals surface area (Å²) >= 11 is 0. The number of rotatable bonds is 4. The van der Waals surface area contributed by atoms with Crippen LogP contribution in [0.1, 0.15) is 37.2 Å². The van der Waals surface area contributed by atoms with Crippen LogP contribution >= 0.6 is 0 Å².